The minimum Gasteiger partial charge on any atom is -0.456 e. The van der Waals surface area contributed by atoms with E-state index in [1.54, 1.807) is 18.5 Å². The highest BCUT2D eigenvalue weighted by molar-refractivity contribution is 7.18. The molecule has 3 heterocycles. The van der Waals surface area contributed by atoms with Gasteiger partial charge in [-0.3, -0.25) is 0 Å². The van der Waals surface area contributed by atoms with Crippen LogP contribution >= 0.6 is 11.3 Å². The van der Waals surface area contributed by atoms with Crippen molar-refractivity contribution in [2.45, 2.75) is 70.9 Å². The third-order valence-corrected chi connectivity index (χ3v) is 7.87. The number of alkyl halides is 2. The second-order valence-corrected chi connectivity index (χ2v) is 12.5. The molecule has 1 aromatic carbocycles. The predicted molar refractivity (Wildman–Crippen MR) is 139 cm³/mol. The van der Waals surface area contributed by atoms with Crippen molar-refractivity contribution in [3.63, 3.8) is 0 Å². The average Bonchev–Trinajstić information content (AvgIpc) is 3.35. The molecule has 0 unspecified atom stereocenters. The van der Waals surface area contributed by atoms with E-state index in [2.05, 4.69) is 20.2 Å². The first-order valence-corrected chi connectivity index (χ1v) is 13.2. The zero-order valence-electron chi connectivity index (χ0n) is 21.1. The molecule has 1 spiro atoms. The van der Waals surface area contributed by atoms with Gasteiger partial charge in [0.1, 0.15) is 22.6 Å². The Balaban J connectivity index is 1.19. The van der Waals surface area contributed by atoms with E-state index >= 15 is 0 Å². The molecule has 5 rings (SSSR count). The van der Waals surface area contributed by atoms with Gasteiger partial charge in [-0.05, 0) is 82.7 Å². The molecule has 1 saturated carbocycles. The molecule has 1 saturated heterocycles. The van der Waals surface area contributed by atoms with Gasteiger partial charge in [0.25, 0.3) is 0 Å². The molecular weight excluding hydrogens is 482 g/mol. The summed E-state index contributed by atoms with van der Waals surface area (Å²) in [6.45, 7) is 8.33. The molecule has 2 aromatic heterocycles. The van der Waals surface area contributed by atoms with Gasteiger partial charge in [0.2, 0.25) is 5.92 Å². The Morgan fingerprint density at radius 1 is 1.19 bits per heavy atom. The number of carbonyl (C=O) groups is 1. The van der Waals surface area contributed by atoms with Crippen LogP contribution in [-0.4, -0.2) is 46.6 Å². The number of carbonyl (C=O) groups excluding carboxylic acids is 1. The second-order valence-electron chi connectivity index (χ2n) is 11.4. The minimum atomic E-state index is -2.74. The van der Waals surface area contributed by atoms with Crippen molar-refractivity contribution in [1.29, 1.82) is 0 Å². The van der Waals surface area contributed by atoms with E-state index in [-0.39, 0.29) is 17.8 Å². The molecule has 3 aromatic rings. The Morgan fingerprint density at radius 3 is 2.58 bits per heavy atom. The molecule has 0 amide bonds. The number of esters is 1. The summed E-state index contributed by atoms with van der Waals surface area (Å²) in [5.74, 6) is -2.20. The Labute approximate surface area is 214 Å². The van der Waals surface area contributed by atoms with Crippen LogP contribution in [0.1, 0.15) is 62.2 Å². The molecule has 9 heteroatoms. The molecular formula is C27H32F2N4O2S. The molecule has 0 atom stereocenters. The summed E-state index contributed by atoms with van der Waals surface area (Å²) in [6, 6.07) is 9.66. The van der Waals surface area contributed by atoms with Gasteiger partial charge in [-0.25, -0.2) is 23.5 Å². The Morgan fingerprint density at radius 2 is 1.92 bits per heavy atom. The van der Waals surface area contributed by atoms with E-state index in [0.29, 0.717) is 16.5 Å². The number of anilines is 2. The van der Waals surface area contributed by atoms with Crippen LogP contribution in [-0.2, 0) is 11.2 Å². The fourth-order valence-corrected chi connectivity index (χ4v) is 6.46. The lowest BCUT2D eigenvalue weighted by atomic mass is 9.65. The summed E-state index contributed by atoms with van der Waals surface area (Å²) >= 11 is 1.33. The first kappa shape index (κ1) is 24.9. The van der Waals surface area contributed by atoms with E-state index < -0.39 is 11.5 Å². The molecule has 192 valence electrons. The topological polar surface area (TPSA) is 67.4 Å². The summed E-state index contributed by atoms with van der Waals surface area (Å²) in [4.78, 5) is 24.8. The van der Waals surface area contributed by atoms with E-state index in [1.165, 1.54) is 11.3 Å². The van der Waals surface area contributed by atoms with Gasteiger partial charge < -0.3 is 15.0 Å². The van der Waals surface area contributed by atoms with E-state index in [0.717, 1.165) is 61.0 Å². The second kappa shape index (κ2) is 8.94. The SMILES string of the molecule is CC(F)(F)Cc1cc2c(N3CCC4(CC(Nc5ccc(C(=O)OC(C)(C)C)cc5)C4)C3)ncnc2s1. The van der Waals surface area contributed by atoms with Crippen molar-refractivity contribution in [2.24, 2.45) is 5.41 Å². The number of hydrogen-bond acceptors (Lipinski definition) is 7. The quantitative estimate of drug-likeness (QED) is 0.389. The van der Waals surface area contributed by atoms with Crippen LogP contribution in [0.3, 0.4) is 0 Å². The van der Waals surface area contributed by atoms with Gasteiger partial charge in [0.15, 0.2) is 0 Å². The number of ether oxygens (including phenoxy) is 1. The number of thiophene rings is 1. The zero-order valence-corrected chi connectivity index (χ0v) is 21.9. The van der Waals surface area contributed by atoms with Gasteiger partial charge in [-0.1, -0.05) is 0 Å². The zero-order chi connectivity index (χ0) is 25.7. The summed E-state index contributed by atoms with van der Waals surface area (Å²) in [5.41, 5.74) is 1.26. The van der Waals surface area contributed by atoms with Crippen LogP contribution in [0.5, 0.6) is 0 Å². The summed E-state index contributed by atoms with van der Waals surface area (Å²) in [7, 11) is 0. The van der Waals surface area contributed by atoms with Crippen LogP contribution in [0.15, 0.2) is 36.7 Å². The van der Waals surface area contributed by atoms with E-state index in [1.807, 2.05) is 39.0 Å². The van der Waals surface area contributed by atoms with Gasteiger partial charge in [-0.2, -0.15) is 0 Å². The smallest absolute Gasteiger partial charge is 0.338 e. The van der Waals surface area contributed by atoms with Gasteiger partial charge in [-0.15, -0.1) is 11.3 Å². The fraction of sp³-hybridized carbons (Fsp3) is 0.519. The van der Waals surface area contributed by atoms with Crippen LogP contribution in [0, 0.1) is 5.41 Å². The van der Waals surface area contributed by atoms with Gasteiger partial charge in [0, 0.05) is 36.1 Å². The highest BCUT2D eigenvalue weighted by Gasteiger charge is 2.49. The lowest BCUT2D eigenvalue weighted by Gasteiger charge is -2.46. The van der Waals surface area contributed by atoms with Crippen LogP contribution in [0.25, 0.3) is 10.2 Å². The van der Waals surface area contributed by atoms with Crippen molar-refractivity contribution in [1.82, 2.24) is 9.97 Å². The van der Waals surface area contributed by atoms with Crippen molar-refractivity contribution >= 4 is 39.0 Å². The monoisotopic (exact) mass is 514 g/mol. The fourth-order valence-electron chi connectivity index (χ4n) is 5.35. The Kier molecular flexibility index (Phi) is 6.17. The summed E-state index contributed by atoms with van der Waals surface area (Å²) in [5, 5.41) is 4.46. The normalized spacial score (nSPS) is 22.2. The Hall–Kier alpha value is -2.81. The third-order valence-electron chi connectivity index (χ3n) is 6.83. The highest BCUT2D eigenvalue weighted by atomic mass is 32.1. The van der Waals surface area contributed by atoms with Crippen LogP contribution in [0.2, 0.25) is 0 Å². The number of halogens is 2. The lowest BCUT2D eigenvalue weighted by Crippen LogP contribution is -2.46. The largest absolute Gasteiger partial charge is 0.456 e. The maximum absolute atomic E-state index is 13.5. The average molecular weight is 515 g/mol. The predicted octanol–water partition coefficient (Wildman–Crippen LogP) is 6.32. The maximum Gasteiger partial charge on any atom is 0.338 e. The molecule has 1 N–H and O–H groups in total. The standard InChI is InChI=1S/C27H32F2N4O2S/c1-25(2,3)35-24(34)17-5-7-18(8-6-17)32-19-12-27(13-19)9-10-33(15-27)22-21-11-20(14-26(4,28)29)36-23(21)31-16-30-22/h5-8,11,16,19,32H,9-10,12-15H2,1-4H3. The number of aromatic nitrogens is 2. The summed E-state index contributed by atoms with van der Waals surface area (Å²) in [6.07, 6.45) is 4.46. The first-order valence-electron chi connectivity index (χ1n) is 12.3. The summed E-state index contributed by atoms with van der Waals surface area (Å²) < 4.78 is 32.5. The van der Waals surface area contributed by atoms with Gasteiger partial charge >= 0.3 is 5.97 Å². The third kappa shape index (κ3) is 5.45. The van der Waals surface area contributed by atoms with Crippen LogP contribution in [0.4, 0.5) is 20.3 Å². The molecule has 1 aliphatic carbocycles. The minimum absolute atomic E-state index is 0.237. The number of nitrogens with one attached hydrogen (secondary N) is 1. The molecule has 36 heavy (non-hydrogen) atoms. The molecule has 2 aliphatic rings. The van der Waals surface area contributed by atoms with E-state index in [9.17, 15) is 13.6 Å². The molecule has 0 bridgehead atoms. The number of fused-ring (bicyclic) bond motifs is 1. The Bertz CT molecular complexity index is 1260. The van der Waals surface area contributed by atoms with Gasteiger partial charge in [0.05, 0.1) is 10.9 Å². The maximum atomic E-state index is 13.5. The van der Waals surface area contributed by atoms with Crippen molar-refractivity contribution < 1.29 is 18.3 Å². The molecule has 0 radical (unpaired) electrons. The highest BCUT2D eigenvalue weighted by Crippen LogP contribution is 2.50. The lowest BCUT2D eigenvalue weighted by molar-refractivity contribution is 0.00689. The number of nitrogens with zero attached hydrogens (tertiary/aromatic N) is 3. The van der Waals surface area contributed by atoms with Crippen molar-refractivity contribution in [3.8, 4) is 0 Å². The number of benzene rings is 1. The van der Waals surface area contributed by atoms with Crippen molar-refractivity contribution in [3.05, 3.63) is 47.1 Å². The molecule has 2 fully saturated rings. The van der Waals surface area contributed by atoms with Crippen molar-refractivity contribution in [2.75, 3.05) is 23.3 Å². The van der Waals surface area contributed by atoms with Crippen LogP contribution < -0.4 is 10.2 Å². The molecule has 6 nitrogen and oxygen atoms in total. The number of hydrogen-bond donors (Lipinski definition) is 1. The number of rotatable bonds is 6. The first-order chi connectivity index (χ1) is 16.9. The van der Waals surface area contributed by atoms with E-state index in [4.69, 9.17) is 4.74 Å². The molecule has 1 aliphatic heterocycles.